The molecule has 4 N–H and O–H groups in total. The minimum absolute atomic E-state index is 0.228. The van der Waals surface area contributed by atoms with Crippen LogP contribution >= 0.6 is 12.1 Å². The molecule has 0 saturated carbocycles. The molecule has 0 aromatic heterocycles. The lowest BCUT2D eigenvalue weighted by Gasteiger charge is -2.15. The summed E-state index contributed by atoms with van der Waals surface area (Å²) < 4.78 is 16.8. The summed E-state index contributed by atoms with van der Waals surface area (Å²) >= 11 is 0.305. The van der Waals surface area contributed by atoms with Gasteiger partial charge in [0.05, 0.1) is 0 Å². The molecule has 0 saturated heterocycles. The van der Waals surface area contributed by atoms with Gasteiger partial charge in [-0.3, -0.25) is 4.79 Å². The fraction of sp³-hybridized carbons (Fsp3) is 0.818. The van der Waals surface area contributed by atoms with Crippen molar-refractivity contribution >= 4 is 24.1 Å². The average molecular weight is 297 g/mol. The molecule has 112 valence electrons. The predicted molar refractivity (Wildman–Crippen MR) is 69.6 cm³/mol. The van der Waals surface area contributed by atoms with E-state index in [0.717, 1.165) is 19.3 Å². The summed E-state index contributed by atoms with van der Waals surface area (Å²) in [6.07, 6.45) is 1.64. The van der Waals surface area contributed by atoms with E-state index in [9.17, 15) is 13.5 Å². The molecule has 2 unspecified atom stereocenters. The van der Waals surface area contributed by atoms with Crippen LogP contribution in [0.15, 0.2) is 0 Å². The monoisotopic (exact) mass is 297 g/mol. The molecule has 0 aliphatic rings. The molecule has 6 nitrogen and oxygen atoms in total. The third-order valence-corrected chi connectivity index (χ3v) is 2.94. The van der Waals surface area contributed by atoms with E-state index in [1.807, 2.05) is 0 Å². The van der Waals surface area contributed by atoms with Crippen molar-refractivity contribution in [3.63, 3.8) is 0 Å². The van der Waals surface area contributed by atoms with Crippen molar-refractivity contribution in [2.24, 2.45) is 5.73 Å². The maximum absolute atomic E-state index is 11.7. The summed E-state index contributed by atoms with van der Waals surface area (Å²) in [6.45, 7) is 0.228. The van der Waals surface area contributed by atoms with Crippen LogP contribution in [0.2, 0.25) is 0 Å². The van der Waals surface area contributed by atoms with Crippen LogP contribution in [0.4, 0.5) is 3.89 Å². The Morgan fingerprint density at radius 3 is 2.32 bits per heavy atom. The second-order valence-corrected chi connectivity index (χ2v) is 4.73. The first kappa shape index (κ1) is 18.1. The molecule has 0 aliphatic heterocycles. The Kier molecular flexibility index (Phi) is 10.5. The average Bonchev–Trinajstić information content (AvgIpc) is 2.35. The number of ether oxygens (including phenoxy) is 1. The summed E-state index contributed by atoms with van der Waals surface area (Å²) in [5.74, 6) is -2.00. The Morgan fingerprint density at radius 2 is 1.79 bits per heavy atom. The van der Waals surface area contributed by atoms with Crippen LogP contribution in [0, 0.1) is 0 Å². The van der Waals surface area contributed by atoms with E-state index < -0.39 is 24.1 Å². The Labute approximate surface area is 115 Å². The summed E-state index contributed by atoms with van der Waals surface area (Å²) in [6, 6.07) is -1.25. The minimum atomic E-state index is -1.25. The molecular formula is C11H20FNO5S. The topological polar surface area (TPSA) is 110 Å². The van der Waals surface area contributed by atoms with Gasteiger partial charge in [0, 0.05) is 30.9 Å². The van der Waals surface area contributed by atoms with Gasteiger partial charge in [0.1, 0.15) is 6.04 Å². The third-order valence-electron chi connectivity index (χ3n) is 2.50. The number of hydrogen-bond donors (Lipinski definition) is 3. The largest absolute Gasteiger partial charge is 0.480 e. The second-order valence-electron chi connectivity index (χ2n) is 4.11. The van der Waals surface area contributed by atoms with E-state index in [0.29, 0.717) is 24.3 Å². The van der Waals surface area contributed by atoms with Crippen molar-refractivity contribution in [2.75, 3.05) is 12.4 Å². The zero-order chi connectivity index (χ0) is 14.7. The lowest BCUT2D eigenvalue weighted by molar-refractivity contribution is -0.152. The number of hydrogen-bond acceptors (Lipinski definition) is 5. The number of carboxylic acids is 2. The molecular weight excluding hydrogens is 277 g/mol. The Balaban J connectivity index is 3.77. The first-order valence-corrected chi connectivity index (χ1v) is 6.94. The molecule has 2 atom stereocenters. The van der Waals surface area contributed by atoms with Crippen molar-refractivity contribution in [3.8, 4) is 0 Å². The van der Waals surface area contributed by atoms with Gasteiger partial charge >= 0.3 is 11.9 Å². The smallest absolute Gasteiger partial charge is 0.332 e. The molecule has 0 aromatic carbocycles. The van der Waals surface area contributed by atoms with Gasteiger partial charge in [0.2, 0.25) is 0 Å². The first-order chi connectivity index (χ1) is 8.99. The van der Waals surface area contributed by atoms with E-state index in [-0.39, 0.29) is 13.0 Å². The van der Waals surface area contributed by atoms with Gasteiger partial charge in [-0.15, -0.1) is 0 Å². The lowest BCUT2D eigenvalue weighted by atomic mass is 10.1. The van der Waals surface area contributed by atoms with E-state index in [2.05, 4.69) is 0 Å². The molecule has 0 amide bonds. The predicted octanol–water partition coefficient (Wildman–Crippen LogP) is 1.44. The highest BCUT2D eigenvalue weighted by Crippen LogP contribution is 2.09. The van der Waals surface area contributed by atoms with Crippen LogP contribution in [-0.4, -0.2) is 46.7 Å². The first-order valence-electron chi connectivity index (χ1n) is 6.05. The maximum Gasteiger partial charge on any atom is 0.332 e. The van der Waals surface area contributed by atoms with Gasteiger partial charge in [0.15, 0.2) is 6.10 Å². The third kappa shape index (κ3) is 9.69. The second kappa shape index (κ2) is 11.0. The van der Waals surface area contributed by atoms with Gasteiger partial charge in [-0.1, -0.05) is 12.8 Å². The van der Waals surface area contributed by atoms with Gasteiger partial charge in [-0.05, 0) is 12.8 Å². The Bertz CT molecular complexity index is 280. The lowest BCUT2D eigenvalue weighted by Crippen LogP contribution is -2.38. The molecule has 0 bridgehead atoms. The summed E-state index contributed by atoms with van der Waals surface area (Å²) in [5.41, 5.74) is 5.26. The molecule has 0 rings (SSSR count). The van der Waals surface area contributed by atoms with Crippen LogP contribution in [0.25, 0.3) is 0 Å². The molecule has 8 heteroatoms. The molecule has 19 heavy (non-hydrogen) atoms. The van der Waals surface area contributed by atoms with Crippen LogP contribution < -0.4 is 5.73 Å². The molecule has 0 radical (unpaired) electrons. The summed E-state index contributed by atoms with van der Waals surface area (Å²) in [7, 11) is 0. The molecule has 0 fully saturated rings. The number of rotatable bonds is 12. The van der Waals surface area contributed by atoms with Crippen LogP contribution in [0.5, 0.6) is 0 Å². The van der Waals surface area contributed by atoms with E-state index in [4.69, 9.17) is 20.7 Å². The molecule has 0 heterocycles. The standard InChI is InChI=1S/C11H20FNO5S/c12-19-6-4-2-1-3-5-18-9(11(16)17)7-8(13)10(14)15/h8-9H,1-7,13H2,(H,14,15)(H,16,17). The van der Waals surface area contributed by atoms with Gasteiger partial charge in [-0.2, -0.15) is 3.89 Å². The van der Waals surface area contributed by atoms with E-state index >= 15 is 0 Å². The number of halogens is 1. The number of carbonyl (C=O) groups is 2. The van der Waals surface area contributed by atoms with Crippen molar-refractivity contribution in [1.82, 2.24) is 0 Å². The number of carboxylic acid groups (broad SMARTS) is 2. The Morgan fingerprint density at radius 1 is 1.16 bits per heavy atom. The minimum Gasteiger partial charge on any atom is -0.480 e. The summed E-state index contributed by atoms with van der Waals surface area (Å²) in [5, 5.41) is 17.5. The zero-order valence-corrected chi connectivity index (χ0v) is 11.4. The molecule has 0 aromatic rings. The fourth-order valence-corrected chi connectivity index (χ4v) is 1.72. The van der Waals surface area contributed by atoms with Crippen LogP contribution in [0.3, 0.4) is 0 Å². The van der Waals surface area contributed by atoms with Crippen LogP contribution in [0.1, 0.15) is 32.1 Å². The SMILES string of the molecule is NC(CC(OCCCCCCSF)C(=O)O)C(=O)O. The van der Waals surface area contributed by atoms with Crippen molar-refractivity contribution in [3.05, 3.63) is 0 Å². The highest BCUT2D eigenvalue weighted by Gasteiger charge is 2.24. The van der Waals surface area contributed by atoms with E-state index in [1.165, 1.54) is 0 Å². The quantitative estimate of drug-likeness (QED) is 0.467. The number of unbranched alkanes of at least 4 members (excludes halogenated alkanes) is 3. The maximum atomic E-state index is 11.7. The fourth-order valence-electron chi connectivity index (χ4n) is 1.41. The molecule has 0 spiro atoms. The van der Waals surface area contributed by atoms with Crippen molar-refractivity contribution in [1.29, 1.82) is 0 Å². The zero-order valence-electron chi connectivity index (χ0n) is 10.6. The van der Waals surface area contributed by atoms with Crippen LogP contribution in [-0.2, 0) is 14.3 Å². The van der Waals surface area contributed by atoms with Gasteiger partial charge in [0.25, 0.3) is 0 Å². The van der Waals surface area contributed by atoms with Crippen molar-refractivity contribution < 1.29 is 28.4 Å². The number of aliphatic carboxylic acids is 2. The highest BCUT2D eigenvalue weighted by molar-refractivity contribution is 7.94. The highest BCUT2D eigenvalue weighted by atomic mass is 32.2. The Hall–Kier alpha value is -0.860. The normalized spacial score (nSPS) is 14.0. The van der Waals surface area contributed by atoms with E-state index in [1.54, 1.807) is 0 Å². The van der Waals surface area contributed by atoms with Gasteiger partial charge in [-0.25, -0.2) is 4.79 Å². The van der Waals surface area contributed by atoms with Gasteiger partial charge < -0.3 is 20.7 Å². The van der Waals surface area contributed by atoms with Crippen molar-refractivity contribution in [2.45, 2.75) is 44.2 Å². The molecule has 0 aliphatic carbocycles. The number of nitrogens with two attached hydrogens (primary N) is 1. The summed E-state index contributed by atoms with van der Waals surface area (Å²) in [4.78, 5) is 21.4.